The third kappa shape index (κ3) is 7.99. The van der Waals surface area contributed by atoms with Crippen molar-refractivity contribution in [3.8, 4) is 44.5 Å². The van der Waals surface area contributed by atoms with Gasteiger partial charge in [-0.2, -0.15) is 0 Å². The van der Waals surface area contributed by atoms with Gasteiger partial charge < -0.3 is 9.80 Å². The average molecular weight is 999 g/mol. The van der Waals surface area contributed by atoms with Crippen LogP contribution in [0.25, 0.3) is 76.8 Å². The molecule has 0 fully saturated rings. The zero-order chi connectivity index (χ0) is 61.2. The van der Waals surface area contributed by atoms with Gasteiger partial charge in [0.25, 0.3) is 0 Å². The zero-order valence-electron chi connectivity index (χ0n) is 53.5. The van der Waals surface area contributed by atoms with Crippen molar-refractivity contribution in [3.05, 3.63) is 262 Å². The summed E-state index contributed by atoms with van der Waals surface area (Å²) in [5.74, 6) is -1.45. The molecule has 0 saturated carbocycles. The largest absolute Gasteiger partial charge is 0.307 e. The first kappa shape index (κ1) is 37.8. The summed E-state index contributed by atoms with van der Waals surface area (Å²) in [6.07, 6.45) is 0. The number of para-hydroxylation sites is 2. The Morgan fingerprint density at radius 1 is 0.316 bits per heavy atom. The first-order valence-corrected chi connectivity index (χ1v) is 25.4. The van der Waals surface area contributed by atoms with E-state index in [2.05, 4.69) is 0 Å². The molecule has 0 spiro atoms. The predicted octanol–water partition coefficient (Wildman–Crippen LogP) is 20.9. The first-order valence-electron chi connectivity index (χ1n) is 30.4. The minimum atomic E-state index is -0.727. The molecule has 4 heteroatoms. The van der Waals surface area contributed by atoms with Gasteiger partial charge in [-0.1, -0.05) is 145 Å². The molecule has 370 valence electrons. The van der Waals surface area contributed by atoms with E-state index in [9.17, 15) is 5.48 Å². The summed E-state index contributed by atoms with van der Waals surface area (Å²) in [5.41, 5.74) is 13.3. The Labute approximate surface area is 459 Å². The van der Waals surface area contributed by atoms with Crippen molar-refractivity contribution < 1.29 is 22.5 Å². The SMILES string of the molecule is [2H]c1c([2H])c([2H])c(N(c2cc(-c3cccc(C)c3C)c(-c3cccc(C)c3C)cc2F)c2ccc3ccc4c(N(c5cc(-c6cccc(C)c6C)c(-c6cccc(C)c6C)cc5F)c5c([2H])c([2H])c([2H])c([2H])c5[2H])ccc5ccc2c3c54)c([2H])c1[2H]. The molecule has 12 rings (SSSR count). The third-order valence-electron chi connectivity index (χ3n) is 15.8. The summed E-state index contributed by atoms with van der Waals surface area (Å²) in [6, 6.07) is 38.6. The fourth-order valence-corrected chi connectivity index (χ4v) is 11.1. The first-order chi connectivity index (χ1) is 41.0. The number of hydrogen-bond acceptors (Lipinski definition) is 2. The molecule has 0 aliphatic heterocycles. The third-order valence-corrected chi connectivity index (χ3v) is 15.8. The normalized spacial score (nSPS) is 13.4. The molecular weight excluding hydrogens is 931 g/mol. The van der Waals surface area contributed by atoms with Crippen molar-refractivity contribution in [2.75, 3.05) is 9.80 Å². The molecule has 0 bridgehead atoms. The Kier molecular flexibility index (Phi) is 9.51. The Balaban J connectivity index is 1.18. The van der Waals surface area contributed by atoms with Crippen molar-refractivity contribution in [3.63, 3.8) is 0 Å². The molecule has 0 atom stereocenters. The van der Waals surface area contributed by atoms with Gasteiger partial charge in [0.2, 0.25) is 0 Å². The molecule has 76 heavy (non-hydrogen) atoms. The van der Waals surface area contributed by atoms with Crippen LogP contribution in [0.2, 0.25) is 0 Å². The van der Waals surface area contributed by atoms with Gasteiger partial charge in [-0.25, -0.2) is 8.78 Å². The van der Waals surface area contributed by atoms with Crippen LogP contribution in [0.3, 0.4) is 0 Å². The number of rotatable bonds is 10. The quantitative estimate of drug-likeness (QED) is 0.126. The van der Waals surface area contributed by atoms with Crippen LogP contribution in [-0.4, -0.2) is 0 Å². The van der Waals surface area contributed by atoms with E-state index in [1.807, 2.05) is 165 Å². The van der Waals surface area contributed by atoms with Crippen LogP contribution in [0.4, 0.5) is 42.9 Å². The zero-order valence-corrected chi connectivity index (χ0v) is 43.5. The highest BCUT2D eigenvalue weighted by Gasteiger charge is 2.28. The highest BCUT2D eigenvalue weighted by molar-refractivity contribution is 6.28. The molecule has 0 radical (unpaired) electrons. The summed E-state index contributed by atoms with van der Waals surface area (Å²) >= 11 is 0. The van der Waals surface area contributed by atoms with Crippen molar-refractivity contribution in [2.24, 2.45) is 0 Å². The van der Waals surface area contributed by atoms with Crippen LogP contribution in [0.1, 0.15) is 58.2 Å². The maximum atomic E-state index is 18.2. The lowest BCUT2D eigenvalue weighted by molar-refractivity contribution is 0.629. The van der Waals surface area contributed by atoms with Gasteiger partial charge in [0.1, 0.15) is 11.6 Å². The number of halogens is 2. The van der Waals surface area contributed by atoms with Crippen LogP contribution < -0.4 is 9.80 Å². The molecule has 0 saturated heterocycles. The fourth-order valence-electron chi connectivity index (χ4n) is 11.1. The molecule has 0 aliphatic rings. The lowest BCUT2D eigenvalue weighted by Crippen LogP contribution is -2.14. The number of benzene rings is 12. The van der Waals surface area contributed by atoms with Gasteiger partial charge in [-0.05, 0) is 227 Å². The molecule has 0 N–H and O–H groups in total. The van der Waals surface area contributed by atoms with Crippen LogP contribution in [0.5, 0.6) is 0 Å². The van der Waals surface area contributed by atoms with Crippen molar-refractivity contribution in [2.45, 2.75) is 55.4 Å². The predicted molar refractivity (Wildman–Crippen MR) is 319 cm³/mol. The van der Waals surface area contributed by atoms with E-state index < -0.39 is 72.1 Å². The molecule has 0 aliphatic carbocycles. The Morgan fingerprint density at radius 3 is 0.947 bits per heavy atom. The summed E-state index contributed by atoms with van der Waals surface area (Å²) in [4.78, 5) is 2.84. The topological polar surface area (TPSA) is 6.48 Å². The van der Waals surface area contributed by atoms with Crippen LogP contribution >= 0.6 is 0 Å². The average Bonchev–Trinajstić information content (AvgIpc) is 3.59. The van der Waals surface area contributed by atoms with Gasteiger partial charge in [0, 0.05) is 22.1 Å². The molecule has 0 aromatic heterocycles. The number of aryl methyl sites for hydroxylation is 4. The Bertz CT molecular complexity index is 4500. The van der Waals surface area contributed by atoms with E-state index in [-0.39, 0.29) is 34.1 Å². The van der Waals surface area contributed by atoms with E-state index in [4.69, 9.17) is 8.22 Å². The maximum absolute atomic E-state index is 18.2. The van der Waals surface area contributed by atoms with Crippen molar-refractivity contribution >= 4 is 66.4 Å². The van der Waals surface area contributed by atoms with Crippen molar-refractivity contribution in [1.82, 2.24) is 0 Å². The highest BCUT2D eigenvalue weighted by atomic mass is 19.1. The molecule has 2 nitrogen and oxygen atoms in total. The second kappa shape index (κ2) is 19.1. The number of hydrogen-bond donors (Lipinski definition) is 0. The summed E-state index contributed by atoms with van der Waals surface area (Å²) < 4.78 is 128. The Hall–Kier alpha value is -8.86. The van der Waals surface area contributed by atoms with Crippen molar-refractivity contribution in [1.29, 1.82) is 0 Å². The molecule has 0 unspecified atom stereocenters. The van der Waals surface area contributed by atoms with Gasteiger partial charge in [-0.15, -0.1) is 0 Å². The lowest BCUT2D eigenvalue weighted by Gasteiger charge is -2.30. The van der Waals surface area contributed by atoms with Gasteiger partial charge in [-0.3, -0.25) is 0 Å². The molecule has 12 aromatic carbocycles. The van der Waals surface area contributed by atoms with E-state index in [1.54, 1.807) is 24.3 Å². The van der Waals surface area contributed by atoms with E-state index >= 15 is 8.78 Å². The summed E-state index contributed by atoms with van der Waals surface area (Å²) in [6.45, 7) is 16.0. The number of nitrogens with zero attached hydrogens (tertiary/aromatic N) is 2. The summed E-state index contributed by atoms with van der Waals surface area (Å²) in [5, 5.41) is 3.62. The fraction of sp³-hybridized carbons (Fsp3) is 0.111. The molecule has 0 amide bonds. The maximum Gasteiger partial charge on any atom is 0.147 e. The minimum absolute atomic E-state index is 0.0870. The summed E-state index contributed by atoms with van der Waals surface area (Å²) in [7, 11) is 0. The standard InChI is InChI=1S/C72H58F2N2/c1-43-19-15-27-55(47(43)5)61-39-65(73)69(41-63(61)57-29-17-21-45(3)49(57)7)75(53-23-11-9-12-24-53)67-37-33-51-32-36-60-68(38-34-52-31-35-59(67)71(51)72(52)60)76(54-25-13-10-14-26-54)70-42-64(58-30-18-22-46(4)50(58)8)62(40-66(70)74)56-28-16-20-44(2)48(56)6/h9-42H,1-8H3/i9D,10D,11D,12D,13D,14D,23D,24D,25D,26D. The van der Waals surface area contributed by atoms with Gasteiger partial charge >= 0.3 is 0 Å². The lowest BCUT2D eigenvalue weighted by atomic mass is 9.87. The van der Waals surface area contributed by atoms with Crippen LogP contribution in [0.15, 0.2) is 206 Å². The monoisotopic (exact) mass is 999 g/mol. The van der Waals surface area contributed by atoms with Gasteiger partial charge in [0.15, 0.2) is 0 Å². The number of anilines is 6. The second-order valence-corrected chi connectivity index (χ2v) is 19.9. The van der Waals surface area contributed by atoms with E-state index in [0.29, 0.717) is 54.6 Å². The highest BCUT2D eigenvalue weighted by Crippen LogP contribution is 2.51. The minimum Gasteiger partial charge on any atom is -0.307 e. The molecule has 0 heterocycles. The van der Waals surface area contributed by atoms with Gasteiger partial charge in [0.05, 0.1) is 36.5 Å². The van der Waals surface area contributed by atoms with Crippen LogP contribution in [-0.2, 0) is 0 Å². The molecular formula is C72H58F2N2. The van der Waals surface area contributed by atoms with E-state index in [0.717, 1.165) is 66.8 Å². The smallest absolute Gasteiger partial charge is 0.147 e. The molecule has 12 aromatic rings. The second-order valence-electron chi connectivity index (χ2n) is 19.9. The Morgan fingerprint density at radius 2 is 0.618 bits per heavy atom. The van der Waals surface area contributed by atoms with E-state index in [1.165, 1.54) is 21.9 Å². The van der Waals surface area contributed by atoms with Crippen LogP contribution in [0, 0.1) is 67.0 Å².